The van der Waals surface area contributed by atoms with Crippen LogP contribution in [0.1, 0.15) is 31.4 Å². The van der Waals surface area contributed by atoms with Gasteiger partial charge in [0, 0.05) is 11.8 Å². The van der Waals surface area contributed by atoms with E-state index in [4.69, 9.17) is 0 Å². The number of carboxylic acid groups (broad SMARTS) is 2. The second-order valence-electron chi connectivity index (χ2n) is 7.20. The van der Waals surface area contributed by atoms with Crippen LogP contribution in [0.4, 0.5) is 0 Å². The summed E-state index contributed by atoms with van der Waals surface area (Å²) in [6.07, 6.45) is 2.38. The highest BCUT2D eigenvalue weighted by Crippen LogP contribution is 2.18. The second-order valence-corrected chi connectivity index (χ2v) is 7.20. The molecule has 27 heavy (non-hydrogen) atoms. The van der Waals surface area contributed by atoms with E-state index in [9.17, 15) is 19.8 Å². The zero-order chi connectivity index (χ0) is 20.0. The van der Waals surface area contributed by atoms with Gasteiger partial charge in [-0.15, -0.1) is 0 Å². The topological polar surface area (TPSA) is 99.5 Å². The summed E-state index contributed by atoms with van der Waals surface area (Å²) in [5.41, 5.74) is 3.70. The molecule has 2 rings (SSSR count). The van der Waals surface area contributed by atoms with E-state index in [1.54, 1.807) is 6.20 Å². The molecule has 0 aliphatic heterocycles. The third-order valence-electron chi connectivity index (χ3n) is 4.31. The highest BCUT2D eigenvalue weighted by atomic mass is 16.4. The van der Waals surface area contributed by atoms with E-state index in [0.29, 0.717) is 6.42 Å². The van der Waals surface area contributed by atoms with Gasteiger partial charge in [-0.25, -0.2) is 0 Å². The molecule has 0 spiro atoms. The molecule has 0 saturated carbocycles. The van der Waals surface area contributed by atoms with Crippen molar-refractivity contribution < 1.29 is 19.8 Å². The Labute approximate surface area is 159 Å². The van der Waals surface area contributed by atoms with E-state index < -0.39 is 24.0 Å². The second kappa shape index (κ2) is 9.28. The van der Waals surface area contributed by atoms with Gasteiger partial charge in [0.15, 0.2) is 0 Å². The van der Waals surface area contributed by atoms with Crippen molar-refractivity contribution in [1.82, 2.24) is 10.3 Å². The molecule has 0 fully saturated rings. The number of nitrogens with one attached hydrogen (secondary N) is 1. The van der Waals surface area contributed by atoms with Gasteiger partial charge >= 0.3 is 11.9 Å². The third-order valence-corrected chi connectivity index (χ3v) is 4.31. The van der Waals surface area contributed by atoms with Crippen molar-refractivity contribution in [2.75, 3.05) is 0 Å². The van der Waals surface area contributed by atoms with E-state index in [1.165, 1.54) is 0 Å². The van der Waals surface area contributed by atoms with Crippen molar-refractivity contribution in [1.29, 1.82) is 0 Å². The molecular weight excluding hydrogens is 344 g/mol. The first-order valence-corrected chi connectivity index (χ1v) is 9.00. The number of benzene rings is 1. The van der Waals surface area contributed by atoms with E-state index in [0.717, 1.165) is 22.4 Å². The van der Waals surface area contributed by atoms with Crippen LogP contribution in [0.25, 0.3) is 11.3 Å². The monoisotopic (exact) mass is 370 g/mol. The molecule has 1 aromatic heterocycles. The normalized spacial score (nSPS) is 13.3. The number of nitrogens with zero attached hydrogens (tertiary/aromatic N) is 1. The summed E-state index contributed by atoms with van der Waals surface area (Å²) in [6.45, 7) is 5.79. The number of carboxylic acids is 2. The van der Waals surface area contributed by atoms with Crippen LogP contribution in [0.5, 0.6) is 0 Å². The minimum atomic E-state index is -1.06. The number of aliphatic carboxylic acids is 2. The first kappa shape index (κ1) is 20.6. The van der Waals surface area contributed by atoms with Gasteiger partial charge in [-0.2, -0.15) is 0 Å². The molecule has 3 N–H and O–H groups in total. The van der Waals surface area contributed by atoms with Crippen LogP contribution in [-0.4, -0.2) is 39.2 Å². The van der Waals surface area contributed by atoms with Gasteiger partial charge in [-0.05, 0) is 42.9 Å². The first-order chi connectivity index (χ1) is 12.8. The Morgan fingerprint density at radius 2 is 1.63 bits per heavy atom. The van der Waals surface area contributed by atoms with Crippen molar-refractivity contribution in [2.45, 2.75) is 45.7 Å². The number of hydrogen-bond donors (Lipinski definition) is 3. The number of aromatic nitrogens is 1. The molecule has 6 heteroatoms. The van der Waals surface area contributed by atoms with Gasteiger partial charge in [0.1, 0.15) is 12.1 Å². The van der Waals surface area contributed by atoms with E-state index >= 15 is 0 Å². The van der Waals surface area contributed by atoms with E-state index in [-0.39, 0.29) is 12.3 Å². The largest absolute Gasteiger partial charge is 0.480 e. The quantitative estimate of drug-likeness (QED) is 0.627. The van der Waals surface area contributed by atoms with Crippen LogP contribution in [0.2, 0.25) is 0 Å². The molecular formula is C21H26N2O4. The van der Waals surface area contributed by atoms with E-state index in [1.807, 2.05) is 57.2 Å². The summed E-state index contributed by atoms with van der Waals surface area (Å²) in [5.74, 6) is -1.95. The van der Waals surface area contributed by atoms with Crippen LogP contribution in [0.15, 0.2) is 42.6 Å². The number of rotatable bonds is 9. The zero-order valence-electron chi connectivity index (χ0n) is 15.8. The van der Waals surface area contributed by atoms with Gasteiger partial charge in [0.25, 0.3) is 0 Å². The summed E-state index contributed by atoms with van der Waals surface area (Å²) < 4.78 is 0. The molecule has 144 valence electrons. The maximum atomic E-state index is 11.6. The SMILES string of the molecule is Cc1ccc(-c2ccc(C[C@H](N[C@@H](CC(C)C)C(=O)O)C(=O)O)cc2)nc1. The molecule has 2 atom stereocenters. The first-order valence-electron chi connectivity index (χ1n) is 9.00. The number of carbonyl (C=O) groups is 2. The minimum Gasteiger partial charge on any atom is -0.480 e. The van der Waals surface area contributed by atoms with Crippen LogP contribution in [-0.2, 0) is 16.0 Å². The van der Waals surface area contributed by atoms with Crippen molar-refractivity contribution in [3.63, 3.8) is 0 Å². The summed E-state index contributed by atoms with van der Waals surface area (Å²) in [7, 11) is 0. The zero-order valence-corrected chi connectivity index (χ0v) is 15.8. The summed E-state index contributed by atoms with van der Waals surface area (Å²) >= 11 is 0. The average molecular weight is 370 g/mol. The predicted octanol–water partition coefficient (Wildman–Crippen LogP) is 3.14. The van der Waals surface area contributed by atoms with Crippen LogP contribution >= 0.6 is 0 Å². The smallest absolute Gasteiger partial charge is 0.321 e. The average Bonchev–Trinajstić information content (AvgIpc) is 2.61. The predicted molar refractivity (Wildman–Crippen MR) is 104 cm³/mol. The molecule has 2 aromatic rings. The Morgan fingerprint density at radius 1 is 1.00 bits per heavy atom. The molecule has 0 aliphatic carbocycles. The minimum absolute atomic E-state index is 0.148. The Kier molecular flexibility index (Phi) is 7.07. The fourth-order valence-electron chi connectivity index (χ4n) is 2.86. The molecule has 0 amide bonds. The van der Waals surface area contributed by atoms with Crippen molar-refractivity contribution in [2.24, 2.45) is 5.92 Å². The number of aryl methyl sites for hydroxylation is 1. The lowest BCUT2D eigenvalue weighted by Crippen LogP contribution is -2.48. The Hall–Kier alpha value is -2.73. The van der Waals surface area contributed by atoms with E-state index in [2.05, 4.69) is 10.3 Å². The molecule has 0 aliphatic rings. The third kappa shape index (κ3) is 6.18. The van der Waals surface area contributed by atoms with Crippen molar-refractivity contribution in [3.8, 4) is 11.3 Å². The summed E-state index contributed by atoms with van der Waals surface area (Å²) in [6, 6.07) is 9.58. The molecule has 0 saturated heterocycles. The van der Waals surface area contributed by atoms with Gasteiger partial charge < -0.3 is 10.2 Å². The maximum Gasteiger partial charge on any atom is 0.321 e. The highest BCUT2D eigenvalue weighted by Gasteiger charge is 2.26. The molecule has 6 nitrogen and oxygen atoms in total. The van der Waals surface area contributed by atoms with Gasteiger partial charge in [0.05, 0.1) is 5.69 Å². The van der Waals surface area contributed by atoms with Gasteiger partial charge in [0.2, 0.25) is 0 Å². The number of pyridine rings is 1. The Balaban J connectivity index is 2.10. The Morgan fingerprint density at radius 3 is 2.11 bits per heavy atom. The fraction of sp³-hybridized carbons (Fsp3) is 0.381. The van der Waals surface area contributed by atoms with Crippen molar-refractivity contribution in [3.05, 3.63) is 53.7 Å². The van der Waals surface area contributed by atoms with Crippen molar-refractivity contribution >= 4 is 11.9 Å². The molecule has 1 heterocycles. The molecule has 0 bridgehead atoms. The Bertz CT molecular complexity index is 770. The highest BCUT2D eigenvalue weighted by molar-refractivity contribution is 5.77. The van der Waals surface area contributed by atoms with Gasteiger partial charge in [-0.1, -0.05) is 44.2 Å². The maximum absolute atomic E-state index is 11.6. The molecule has 0 radical (unpaired) electrons. The molecule has 1 aromatic carbocycles. The van der Waals surface area contributed by atoms with Gasteiger partial charge in [-0.3, -0.25) is 19.9 Å². The summed E-state index contributed by atoms with van der Waals surface area (Å²) in [5, 5.41) is 21.6. The van der Waals surface area contributed by atoms with Crippen LogP contribution in [0.3, 0.4) is 0 Å². The standard InChI is InChI=1S/C21H26N2O4/c1-13(2)10-18(20(24)25)23-19(21(26)27)11-15-5-7-16(8-6-15)17-9-4-14(3)12-22-17/h4-9,12-13,18-19,23H,10-11H2,1-3H3,(H,24,25)(H,26,27)/t18-,19-/m0/s1. The lowest BCUT2D eigenvalue weighted by molar-refractivity contribution is -0.142. The number of hydrogen-bond acceptors (Lipinski definition) is 4. The van der Waals surface area contributed by atoms with Crippen LogP contribution < -0.4 is 5.32 Å². The lowest BCUT2D eigenvalue weighted by atomic mass is 9.99. The van der Waals surface area contributed by atoms with Crippen LogP contribution in [0, 0.1) is 12.8 Å². The summed E-state index contributed by atoms with van der Waals surface area (Å²) in [4.78, 5) is 27.4. The molecule has 0 unspecified atom stereocenters. The lowest BCUT2D eigenvalue weighted by Gasteiger charge is -2.21. The fourth-order valence-corrected chi connectivity index (χ4v) is 2.86.